The molecule has 1 heterocycles. The second kappa shape index (κ2) is 5.41. The fourth-order valence-corrected chi connectivity index (χ4v) is 2.81. The van der Waals surface area contributed by atoms with Crippen molar-refractivity contribution in [3.8, 4) is 0 Å². The van der Waals surface area contributed by atoms with Gasteiger partial charge in [-0.25, -0.2) is 8.42 Å². The van der Waals surface area contributed by atoms with Gasteiger partial charge in [-0.1, -0.05) is 12.1 Å². The smallest absolute Gasteiger partial charge is 0.262 e. The maximum Gasteiger partial charge on any atom is 0.262 e. The molecule has 0 aliphatic heterocycles. The molecule has 1 aromatic carbocycles. The van der Waals surface area contributed by atoms with Crippen molar-refractivity contribution < 1.29 is 8.42 Å². The first-order valence-electron chi connectivity index (χ1n) is 5.76. The van der Waals surface area contributed by atoms with Gasteiger partial charge in [0, 0.05) is 19.8 Å². The summed E-state index contributed by atoms with van der Waals surface area (Å²) in [6.07, 6.45) is 3.07. The van der Waals surface area contributed by atoms with E-state index in [0.717, 1.165) is 5.56 Å². The zero-order valence-electron chi connectivity index (χ0n) is 10.8. The molecule has 0 radical (unpaired) electrons. The van der Waals surface area contributed by atoms with Crippen LogP contribution in [0.25, 0.3) is 0 Å². The third-order valence-corrected chi connectivity index (χ3v) is 3.93. The van der Waals surface area contributed by atoms with Crippen LogP contribution in [0.4, 0.5) is 5.69 Å². The van der Waals surface area contributed by atoms with Crippen LogP contribution >= 0.6 is 0 Å². The number of rotatable bonds is 5. The van der Waals surface area contributed by atoms with Crippen molar-refractivity contribution in [2.24, 2.45) is 7.05 Å². The first kappa shape index (κ1) is 13.6. The lowest BCUT2D eigenvalue weighted by atomic mass is 10.2. The number of aromatic nitrogens is 2. The Morgan fingerprint density at radius 1 is 1.37 bits per heavy atom. The number of benzene rings is 1. The van der Waals surface area contributed by atoms with Crippen LogP contribution in [-0.2, 0) is 23.6 Å². The first-order valence-corrected chi connectivity index (χ1v) is 7.24. The van der Waals surface area contributed by atoms with Gasteiger partial charge in [-0.15, -0.1) is 0 Å². The van der Waals surface area contributed by atoms with E-state index < -0.39 is 10.0 Å². The summed E-state index contributed by atoms with van der Waals surface area (Å²) in [6, 6.07) is 6.82. The Labute approximate surface area is 112 Å². The Balaban J connectivity index is 2.26. The van der Waals surface area contributed by atoms with E-state index in [1.165, 1.54) is 10.9 Å². The van der Waals surface area contributed by atoms with Crippen molar-refractivity contribution in [3.05, 3.63) is 42.2 Å². The van der Waals surface area contributed by atoms with Crippen LogP contribution < -0.4 is 10.0 Å². The molecule has 0 amide bonds. The van der Waals surface area contributed by atoms with Crippen molar-refractivity contribution in [1.29, 1.82) is 0 Å². The van der Waals surface area contributed by atoms with Gasteiger partial charge in [-0.2, -0.15) is 5.10 Å². The highest BCUT2D eigenvalue weighted by atomic mass is 32.2. The van der Waals surface area contributed by atoms with E-state index in [9.17, 15) is 8.42 Å². The minimum Gasteiger partial charge on any atom is -0.316 e. The number of sulfonamides is 1. The summed E-state index contributed by atoms with van der Waals surface area (Å²) in [5.41, 5.74) is 1.36. The Bertz CT molecular complexity index is 664. The molecule has 1 aromatic heterocycles. The topological polar surface area (TPSA) is 76.0 Å². The fourth-order valence-electron chi connectivity index (χ4n) is 1.71. The van der Waals surface area contributed by atoms with Gasteiger partial charge in [0.25, 0.3) is 10.0 Å². The Morgan fingerprint density at radius 3 is 2.79 bits per heavy atom. The van der Waals surface area contributed by atoms with E-state index in [2.05, 4.69) is 15.1 Å². The molecule has 2 aromatic rings. The normalized spacial score (nSPS) is 11.5. The molecule has 0 atom stereocenters. The van der Waals surface area contributed by atoms with Crippen LogP contribution in [0.2, 0.25) is 0 Å². The highest BCUT2D eigenvalue weighted by Gasteiger charge is 2.15. The van der Waals surface area contributed by atoms with Crippen molar-refractivity contribution in [1.82, 2.24) is 15.1 Å². The number of hydrogen-bond donors (Lipinski definition) is 2. The summed E-state index contributed by atoms with van der Waals surface area (Å²) >= 11 is 0. The highest BCUT2D eigenvalue weighted by Crippen LogP contribution is 2.16. The molecule has 2 rings (SSSR count). The molecule has 0 bridgehead atoms. The predicted octanol–water partition coefficient (Wildman–Crippen LogP) is 0.940. The zero-order chi connectivity index (χ0) is 13.9. The lowest BCUT2D eigenvalue weighted by Gasteiger charge is -2.07. The van der Waals surface area contributed by atoms with Gasteiger partial charge in [0.15, 0.2) is 0 Å². The summed E-state index contributed by atoms with van der Waals surface area (Å²) in [6.45, 7) is 0.621. The molecule has 0 saturated carbocycles. The van der Waals surface area contributed by atoms with E-state index >= 15 is 0 Å². The third kappa shape index (κ3) is 3.33. The quantitative estimate of drug-likeness (QED) is 0.854. The zero-order valence-corrected chi connectivity index (χ0v) is 11.6. The van der Waals surface area contributed by atoms with Gasteiger partial charge < -0.3 is 5.32 Å². The molecule has 0 fully saturated rings. The van der Waals surface area contributed by atoms with Crippen molar-refractivity contribution in [3.63, 3.8) is 0 Å². The molecule has 102 valence electrons. The van der Waals surface area contributed by atoms with Gasteiger partial charge in [-0.05, 0) is 24.7 Å². The maximum absolute atomic E-state index is 12.2. The summed E-state index contributed by atoms with van der Waals surface area (Å²) in [7, 11) is -0.0299. The average Bonchev–Trinajstić information content (AvgIpc) is 2.75. The first-order chi connectivity index (χ1) is 9.01. The molecular formula is C12H16N4O2S. The molecule has 0 spiro atoms. The largest absolute Gasteiger partial charge is 0.316 e. The van der Waals surface area contributed by atoms with Crippen LogP contribution in [0.1, 0.15) is 5.56 Å². The molecule has 7 heteroatoms. The van der Waals surface area contributed by atoms with Crippen molar-refractivity contribution in [2.45, 2.75) is 11.4 Å². The van der Waals surface area contributed by atoms with Crippen LogP contribution in [0.3, 0.4) is 0 Å². The number of hydrogen-bond acceptors (Lipinski definition) is 4. The Hall–Kier alpha value is -1.86. The van der Waals surface area contributed by atoms with Gasteiger partial charge >= 0.3 is 0 Å². The van der Waals surface area contributed by atoms with Crippen LogP contribution in [0, 0.1) is 0 Å². The van der Waals surface area contributed by atoms with Gasteiger partial charge in [0.1, 0.15) is 0 Å². The van der Waals surface area contributed by atoms with E-state index in [-0.39, 0.29) is 4.90 Å². The third-order valence-electron chi connectivity index (χ3n) is 2.55. The monoisotopic (exact) mass is 280 g/mol. The second-order valence-corrected chi connectivity index (χ2v) is 5.87. The molecule has 0 unspecified atom stereocenters. The predicted molar refractivity (Wildman–Crippen MR) is 73.2 cm³/mol. The average molecular weight is 280 g/mol. The van der Waals surface area contributed by atoms with E-state index in [4.69, 9.17) is 0 Å². The molecule has 6 nitrogen and oxygen atoms in total. The lowest BCUT2D eigenvalue weighted by Crippen LogP contribution is -2.13. The van der Waals surface area contributed by atoms with Crippen molar-refractivity contribution >= 4 is 15.7 Å². The van der Waals surface area contributed by atoms with Crippen LogP contribution in [0.5, 0.6) is 0 Å². The van der Waals surface area contributed by atoms with Gasteiger partial charge in [0.2, 0.25) is 0 Å². The summed E-state index contributed by atoms with van der Waals surface area (Å²) in [5.74, 6) is 0. The fraction of sp³-hybridized carbons (Fsp3) is 0.250. The molecule has 0 aliphatic rings. The lowest BCUT2D eigenvalue weighted by molar-refractivity contribution is 0.601. The number of aryl methyl sites for hydroxylation is 1. The molecular weight excluding hydrogens is 264 g/mol. The second-order valence-electron chi connectivity index (χ2n) is 4.19. The van der Waals surface area contributed by atoms with Gasteiger partial charge in [-0.3, -0.25) is 9.40 Å². The van der Waals surface area contributed by atoms with Crippen LogP contribution in [0.15, 0.2) is 41.6 Å². The van der Waals surface area contributed by atoms with Crippen molar-refractivity contribution in [2.75, 3.05) is 11.8 Å². The molecule has 19 heavy (non-hydrogen) atoms. The SMILES string of the molecule is CNCc1cccc(S(=O)(=O)Nc2cnn(C)c2)c1. The molecule has 0 aliphatic carbocycles. The van der Waals surface area contributed by atoms with Crippen LogP contribution in [-0.4, -0.2) is 25.2 Å². The standard InChI is InChI=1S/C12H16N4O2S/c1-13-7-10-4-3-5-12(6-10)19(17,18)15-11-8-14-16(2)9-11/h3-6,8-9,13,15H,7H2,1-2H3. The molecule has 2 N–H and O–H groups in total. The van der Waals surface area contributed by atoms with E-state index in [0.29, 0.717) is 12.2 Å². The minimum absolute atomic E-state index is 0.240. The Morgan fingerprint density at radius 2 is 2.16 bits per heavy atom. The number of nitrogens with one attached hydrogen (secondary N) is 2. The summed E-state index contributed by atoms with van der Waals surface area (Å²) in [5, 5.41) is 6.91. The summed E-state index contributed by atoms with van der Waals surface area (Å²) in [4.78, 5) is 0.240. The highest BCUT2D eigenvalue weighted by molar-refractivity contribution is 7.92. The number of nitrogens with zero attached hydrogens (tertiary/aromatic N) is 2. The molecule has 0 saturated heterocycles. The minimum atomic E-state index is -3.57. The van der Waals surface area contributed by atoms with E-state index in [1.54, 1.807) is 31.4 Å². The van der Waals surface area contributed by atoms with E-state index in [1.807, 2.05) is 13.1 Å². The maximum atomic E-state index is 12.2. The Kier molecular flexibility index (Phi) is 3.87. The summed E-state index contributed by atoms with van der Waals surface area (Å²) < 4.78 is 28.4. The van der Waals surface area contributed by atoms with Gasteiger partial charge in [0.05, 0.1) is 16.8 Å². The number of anilines is 1.